The molecule has 7 aromatic carbocycles. The second kappa shape index (κ2) is 9.17. The molecule has 0 aliphatic carbocycles. The van der Waals surface area contributed by atoms with E-state index in [0.717, 1.165) is 32.3 Å². The lowest BCUT2D eigenvalue weighted by Crippen LogP contribution is -2.25. The molecule has 0 saturated carbocycles. The molecule has 236 valence electrons. The Kier molecular flexibility index (Phi) is 5.09. The standard InChI is InChI=1S/C24H8O6.C14H4O6/c25-21-13-5-1-9-10-2-6-15-20-16(24(28)30-23(15)27)8-4-12(18(10)20)11-3-7-14(22(26)29-21)19(13)17(9)11;15-11-5-1-2-6-10-8(14(18)20-12(6)16)4-3-7(9(5)10)13(17)19-11/h1-8H;1-4H. The van der Waals surface area contributed by atoms with Gasteiger partial charge in [-0.05, 0) is 80.8 Å². The highest BCUT2D eigenvalue weighted by Gasteiger charge is 2.36. The van der Waals surface area contributed by atoms with E-state index in [4.69, 9.17) is 9.47 Å². The number of esters is 8. The van der Waals surface area contributed by atoms with Gasteiger partial charge in [0.05, 0.1) is 44.5 Å². The van der Waals surface area contributed by atoms with Crippen molar-refractivity contribution in [3.63, 3.8) is 0 Å². The van der Waals surface area contributed by atoms with Crippen LogP contribution in [0.2, 0.25) is 0 Å². The maximum atomic E-state index is 12.3. The first-order chi connectivity index (χ1) is 24.1. The summed E-state index contributed by atoms with van der Waals surface area (Å²) in [6.07, 6.45) is 0. The van der Waals surface area contributed by atoms with E-state index in [9.17, 15) is 38.4 Å². The first-order valence-electron chi connectivity index (χ1n) is 15.0. The molecule has 0 saturated heterocycles. The van der Waals surface area contributed by atoms with Gasteiger partial charge in [-0.25, -0.2) is 38.4 Å². The molecule has 4 aliphatic rings. The van der Waals surface area contributed by atoms with Crippen molar-refractivity contribution in [3.8, 4) is 0 Å². The molecular formula is C38H12O12. The lowest BCUT2D eigenvalue weighted by molar-refractivity contribution is 0.0366. The number of cyclic esters (lactones) is 8. The molecule has 0 atom stereocenters. The molecule has 0 amide bonds. The number of benzene rings is 7. The highest BCUT2D eigenvalue weighted by atomic mass is 16.6. The number of carbonyl (C=O) groups excluding carboxylic acids is 8. The van der Waals surface area contributed by atoms with Gasteiger partial charge in [0.15, 0.2) is 0 Å². The molecule has 50 heavy (non-hydrogen) atoms. The zero-order valence-electron chi connectivity index (χ0n) is 24.8. The van der Waals surface area contributed by atoms with Gasteiger partial charge >= 0.3 is 47.8 Å². The summed E-state index contributed by atoms with van der Waals surface area (Å²) in [5, 5.41) is 6.57. The summed E-state index contributed by atoms with van der Waals surface area (Å²) in [6.45, 7) is 0. The zero-order chi connectivity index (χ0) is 34.3. The minimum absolute atomic E-state index is 0.155. The number of hydrogen-bond acceptors (Lipinski definition) is 12. The molecule has 0 N–H and O–H groups in total. The summed E-state index contributed by atoms with van der Waals surface area (Å²) in [4.78, 5) is 96.2. The molecule has 0 unspecified atom stereocenters. The van der Waals surface area contributed by atoms with Crippen molar-refractivity contribution in [2.45, 2.75) is 0 Å². The van der Waals surface area contributed by atoms with Crippen molar-refractivity contribution in [2.24, 2.45) is 0 Å². The van der Waals surface area contributed by atoms with E-state index < -0.39 is 47.8 Å². The van der Waals surface area contributed by atoms with Crippen LogP contribution in [-0.4, -0.2) is 47.8 Å². The minimum Gasteiger partial charge on any atom is -0.386 e. The number of ether oxygens (including phenoxy) is 4. The fourth-order valence-corrected chi connectivity index (χ4v) is 7.52. The molecule has 4 heterocycles. The maximum absolute atomic E-state index is 12.3. The Bertz CT molecular complexity index is 2590. The Balaban J connectivity index is 0.000000138. The van der Waals surface area contributed by atoms with Crippen molar-refractivity contribution in [1.82, 2.24) is 0 Å². The Labute approximate surface area is 276 Å². The molecular weight excluding hydrogens is 648 g/mol. The zero-order valence-corrected chi connectivity index (χ0v) is 24.8. The van der Waals surface area contributed by atoms with Crippen LogP contribution in [-0.2, 0) is 18.9 Å². The largest absolute Gasteiger partial charge is 0.386 e. The van der Waals surface area contributed by atoms with Gasteiger partial charge < -0.3 is 18.9 Å². The smallest absolute Gasteiger partial charge is 0.346 e. The molecule has 4 aliphatic heterocycles. The van der Waals surface area contributed by atoms with Crippen LogP contribution >= 0.6 is 0 Å². The van der Waals surface area contributed by atoms with Crippen molar-refractivity contribution >= 4 is 102 Å². The minimum atomic E-state index is -0.794. The van der Waals surface area contributed by atoms with E-state index in [-0.39, 0.29) is 33.0 Å². The first kappa shape index (κ1) is 27.7. The Morgan fingerprint density at radius 2 is 0.380 bits per heavy atom. The van der Waals surface area contributed by atoms with Crippen LogP contribution in [0.4, 0.5) is 0 Å². The van der Waals surface area contributed by atoms with E-state index in [0.29, 0.717) is 33.0 Å². The van der Waals surface area contributed by atoms with E-state index in [1.165, 1.54) is 24.3 Å². The van der Waals surface area contributed by atoms with Crippen LogP contribution in [0.15, 0.2) is 72.8 Å². The maximum Gasteiger partial charge on any atom is 0.346 e. The van der Waals surface area contributed by atoms with Gasteiger partial charge in [-0.3, -0.25) is 0 Å². The van der Waals surface area contributed by atoms with Gasteiger partial charge in [-0.1, -0.05) is 24.3 Å². The third-order valence-corrected chi connectivity index (χ3v) is 9.56. The van der Waals surface area contributed by atoms with Crippen LogP contribution in [0.3, 0.4) is 0 Å². The summed E-state index contributed by atoms with van der Waals surface area (Å²) in [6, 6.07) is 19.4. The van der Waals surface area contributed by atoms with Crippen LogP contribution < -0.4 is 0 Å². The monoisotopic (exact) mass is 660 g/mol. The molecule has 0 spiro atoms. The van der Waals surface area contributed by atoms with E-state index in [2.05, 4.69) is 9.47 Å². The van der Waals surface area contributed by atoms with Gasteiger partial charge in [-0.2, -0.15) is 0 Å². The molecule has 11 rings (SSSR count). The average Bonchev–Trinajstić information content (AvgIpc) is 3.10. The van der Waals surface area contributed by atoms with Gasteiger partial charge in [0, 0.05) is 21.5 Å². The van der Waals surface area contributed by atoms with Crippen molar-refractivity contribution in [3.05, 3.63) is 117 Å². The molecule has 12 nitrogen and oxygen atoms in total. The highest BCUT2D eigenvalue weighted by molar-refractivity contribution is 6.40. The summed E-state index contributed by atoms with van der Waals surface area (Å²) < 4.78 is 19.0. The number of rotatable bonds is 0. The van der Waals surface area contributed by atoms with Gasteiger partial charge in [-0.15, -0.1) is 0 Å². The average molecular weight is 661 g/mol. The fraction of sp³-hybridized carbons (Fsp3) is 0. The number of fused-ring (bicyclic) bond motifs is 2. The first-order valence-corrected chi connectivity index (χ1v) is 15.0. The molecule has 0 bridgehead atoms. The summed E-state index contributed by atoms with van der Waals surface area (Å²) in [7, 11) is 0. The third kappa shape index (κ3) is 3.33. The predicted molar refractivity (Wildman–Crippen MR) is 171 cm³/mol. The van der Waals surface area contributed by atoms with Crippen LogP contribution in [0.5, 0.6) is 0 Å². The number of hydrogen-bond donors (Lipinski definition) is 0. The summed E-state index contributed by atoms with van der Waals surface area (Å²) in [5.74, 6) is -5.84. The number of carbonyl (C=O) groups is 8. The highest BCUT2D eigenvalue weighted by Crippen LogP contribution is 2.45. The molecule has 0 aromatic heterocycles. The predicted octanol–water partition coefficient (Wildman–Crippen LogP) is 5.82. The summed E-state index contributed by atoms with van der Waals surface area (Å²) in [5.41, 5.74) is 2.00. The molecule has 7 aromatic rings. The normalized spacial score (nSPS) is 15.8. The quantitative estimate of drug-likeness (QED) is 0.0628. The Morgan fingerprint density at radius 1 is 0.220 bits per heavy atom. The van der Waals surface area contributed by atoms with E-state index >= 15 is 0 Å². The summed E-state index contributed by atoms with van der Waals surface area (Å²) >= 11 is 0. The Morgan fingerprint density at radius 3 is 0.580 bits per heavy atom. The third-order valence-electron chi connectivity index (χ3n) is 9.56. The van der Waals surface area contributed by atoms with Crippen molar-refractivity contribution < 1.29 is 57.3 Å². The molecule has 12 heteroatoms. The van der Waals surface area contributed by atoms with Crippen LogP contribution in [0.25, 0.3) is 53.9 Å². The van der Waals surface area contributed by atoms with Crippen LogP contribution in [0, 0.1) is 0 Å². The lowest BCUT2D eigenvalue weighted by atomic mass is 9.83. The van der Waals surface area contributed by atoms with E-state index in [1.54, 1.807) is 24.3 Å². The van der Waals surface area contributed by atoms with Gasteiger partial charge in [0.25, 0.3) is 0 Å². The SMILES string of the molecule is O=C1OC(=O)c2ccc3c4c(ccc1c24)C(=O)OC3=O.O=C1OC(=O)c2ccc3c4ccc5c6c(ccc(c7ccc1c2c73)c64)C(=O)OC5=O. The van der Waals surface area contributed by atoms with Crippen LogP contribution in [0.1, 0.15) is 82.9 Å². The molecule has 0 radical (unpaired) electrons. The topological polar surface area (TPSA) is 173 Å². The van der Waals surface area contributed by atoms with Crippen molar-refractivity contribution in [1.29, 1.82) is 0 Å². The van der Waals surface area contributed by atoms with Gasteiger partial charge in [0.2, 0.25) is 0 Å². The lowest BCUT2D eigenvalue weighted by Gasteiger charge is -2.22. The fourth-order valence-electron chi connectivity index (χ4n) is 7.52. The van der Waals surface area contributed by atoms with E-state index in [1.807, 2.05) is 24.3 Å². The second-order valence-corrected chi connectivity index (χ2v) is 11.9. The second-order valence-electron chi connectivity index (χ2n) is 11.9. The van der Waals surface area contributed by atoms with Gasteiger partial charge in [0.1, 0.15) is 0 Å². The Hall–Kier alpha value is -7.34. The molecule has 0 fully saturated rings. The van der Waals surface area contributed by atoms with Crippen molar-refractivity contribution in [2.75, 3.05) is 0 Å².